The molecule has 10 nitrogen and oxygen atoms in total. The summed E-state index contributed by atoms with van der Waals surface area (Å²) in [5.74, 6) is -2.11. The number of aromatic carboxylic acids is 1. The number of hydrogen-bond donors (Lipinski definition) is 1. The summed E-state index contributed by atoms with van der Waals surface area (Å²) in [5, 5.41) is 9.83. The molecule has 1 N–H and O–H groups in total. The van der Waals surface area contributed by atoms with Gasteiger partial charge in [0.05, 0.1) is 36.5 Å². The standard InChI is InChI=1S/C36H31NO9/c38-32-26-17-9-10-18-27(26)33(39)37(32)29-31(42-20-24-15-7-8-16-25(24)34(40)41)30-28(21-44-35(46-30)23-13-5-2-6-14-23)45-36(29)43-19-22-11-3-1-4-12-22/h1-18,28-31,35-36H,19-21H2,(H,40,41)/t28-,29-,30-,31-,35?,36-/m1/s1. The average Bonchev–Trinajstić information content (AvgIpc) is 3.35. The van der Waals surface area contributed by atoms with E-state index < -0.39 is 54.7 Å². The smallest absolute Gasteiger partial charge is 0.336 e. The number of rotatable bonds is 9. The Hall–Kier alpha value is -4.71. The molecule has 2 fully saturated rings. The molecular weight excluding hydrogens is 590 g/mol. The second-order valence-corrected chi connectivity index (χ2v) is 11.3. The van der Waals surface area contributed by atoms with Crippen molar-refractivity contribution in [2.24, 2.45) is 0 Å². The van der Waals surface area contributed by atoms with Gasteiger partial charge in [0.25, 0.3) is 11.8 Å². The summed E-state index contributed by atoms with van der Waals surface area (Å²) in [6.45, 7) is 0.114. The van der Waals surface area contributed by atoms with Crippen LogP contribution in [0.1, 0.15) is 54.1 Å². The number of amides is 2. The fourth-order valence-electron chi connectivity index (χ4n) is 6.21. The Bertz CT molecular complexity index is 1690. The van der Waals surface area contributed by atoms with Gasteiger partial charge in [0, 0.05) is 5.56 Å². The molecule has 10 heteroatoms. The van der Waals surface area contributed by atoms with Gasteiger partial charge in [0.1, 0.15) is 24.4 Å². The number of imide groups is 1. The van der Waals surface area contributed by atoms with Gasteiger partial charge in [-0.2, -0.15) is 0 Å². The minimum absolute atomic E-state index is 0.0790. The number of carbonyl (C=O) groups is 3. The molecule has 6 atom stereocenters. The predicted molar refractivity (Wildman–Crippen MR) is 163 cm³/mol. The quantitative estimate of drug-likeness (QED) is 0.258. The first-order valence-electron chi connectivity index (χ1n) is 15.0. The molecule has 0 aliphatic carbocycles. The van der Waals surface area contributed by atoms with E-state index in [0.717, 1.165) is 16.0 Å². The summed E-state index contributed by atoms with van der Waals surface area (Å²) in [4.78, 5) is 41.0. The number of hydrogen-bond acceptors (Lipinski definition) is 8. The van der Waals surface area contributed by atoms with Crippen molar-refractivity contribution in [3.63, 3.8) is 0 Å². The molecular formula is C36H31NO9. The van der Waals surface area contributed by atoms with Crippen molar-refractivity contribution in [3.8, 4) is 0 Å². The third-order valence-corrected chi connectivity index (χ3v) is 8.44. The minimum atomic E-state index is -1.12. The lowest BCUT2D eigenvalue weighted by Crippen LogP contribution is -2.68. The fourth-order valence-corrected chi connectivity index (χ4v) is 6.21. The van der Waals surface area contributed by atoms with Crippen molar-refractivity contribution in [2.45, 2.75) is 50.1 Å². The summed E-state index contributed by atoms with van der Waals surface area (Å²) in [6, 6.07) is 30.9. The Kier molecular flexibility index (Phi) is 8.44. The van der Waals surface area contributed by atoms with Crippen LogP contribution in [0.15, 0.2) is 109 Å². The van der Waals surface area contributed by atoms with Gasteiger partial charge in [-0.25, -0.2) is 4.79 Å². The third-order valence-electron chi connectivity index (χ3n) is 8.44. The highest BCUT2D eigenvalue weighted by molar-refractivity contribution is 6.21. The second-order valence-electron chi connectivity index (χ2n) is 11.3. The second kappa shape index (κ2) is 13.0. The molecule has 7 rings (SSSR count). The molecule has 234 valence electrons. The number of carboxylic acid groups (broad SMARTS) is 1. The first-order valence-corrected chi connectivity index (χ1v) is 15.0. The molecule has 2 saturated heterocycles. The SMILES string of the molecule is O=C(O)c1ccccc1CO[C@H]1[C@@H]2OC(c3ccccc3)OC[C@H]2O[C@@H](OCc2ccccc2)[C@@H]1N1C(=O)c2ccccc2C1=O. The van der Waals surface area contributed by atoms with Crippen LogP contribution >= 0.6 is 0 Å². The van der Waals surface area contributed by atoms with Gasteiger partial charge in [-0.1, -0.05) is 91.0 Å². The monoisotopic (exact) mass is 621 g/mol. The van der Waals surface area contributed by atoms with E-state index in [-0.39, 0.29) is 36.5 Å². The molecule has 46 heavy (non-hydrogen) atoms. The minimum Gasteiger partial charge on any atom is -0.478 e. The Balaban J connectivity index is 1.28. The first kappa shape index (κ1) is 30.0. The maximum absolute atomic E-state index is 13.9. The van der Waals surface area contributed by atoms with E-state index in [1.165, 1.54) is 6.07 Å². The van der Waals surface area contributed by atoms with Crippen LogP contribution in [0.4, 0.5) is 0 Å². The molecule has 3 aliphatic rings. The lowest BCUT2D eigenvalue weighted by Gasteiger charge is -2.50. The van der Waals surface area contributed by atoms with Crippen LogP contribution < -0.4 is 0 Å². The maximum Gasteiger partial charge on any atom is 0.336 e. The molecule has 3 aliphatic heterocycles. The van der Waals surface area contributed by atoms with Crippen LogP contribution in [0.5, 0.6) is 0 Å². The van der Waals surface area contributed by atoms with Crippen LogP contribution in [0.25, 0.3) is 0 Å². The highest BCUT2D eigenvalue weighted by Crippen LogP contribution is 2.40. The fraction of sp³-hybridized carbons (Fsp3) is 0.250. The van der Waals surface area contributed by atoms with Gasteiger partial charge in [0.15, 0.2) is 12.6 Å². The Morgan fingerprint density at radius 1 is 0.761 bits per heavy atom. The van der Waals surface area contributed by atoms with Gasteiger partial charge in [0.2, 0.25) is 0 Å². The van der Waals surface area contributed by atoms with Crippen molar-refractivity contribution in [1.29, 1.82) is 0 Å². The van der Waals surface area contributed by atoms with Gasteiger partial charge in [-0.3, -0.25) is 14.5 Å². The zero-order valence-corrected chi connectivity index (χ0v) is 24.6. The molecule has 2 amide bonds. The molecule has 0 bridgehead atoms. The van der Waals surface area contributed by atoms with Crippen LogP contribution in [-0.4, -0.2) is 65.0 Å². The van der Waals surface area contributed by atoms with Gasteiger partial charge < -0.3 is 28.8 Å². The van der Waals surface area contributed by atoms with Crippen molar-refractivity contribution in [1.82, 2.24) is 4.90 Å². The van der Waals surface area contributed by atoms with Gasteiger partial charge in [-0.15, -0.1) is 0 Å². The summed E-state index contributed by atoms with van der Waals surface area (Å²) in [7, 11) is 0. The topological polar surface area (TPSA) is 121 Å². The van der Waals surface area contributed by atoms with E-state index in [1.54, 1.807) is 42.5 Å². The Labute approximate surface area is 265 Å². The van der Waals surface area contributed by atoms with Crippen LogP contribution in [0, 0.1) is 0 Å². The van der Waals surface area contributed by atoms with E-state index in [9.17, 15) is 19.5 Å². The Morgan fingerprint density at radius 2 is 1.39 bits per heavy atom. The van der Waals surface area contributed by atoms with Gasteiger partial charge in [-0.05, 0) is 29.3 Å². The van der Waals surface area contributed by atoms with Crippen molar-refractivity contribution >= 4 is 17.8 Å². The van der Waals surface area contributed by atoms with Crippen LogP contribution in [0.2, 0.25) is 0 Å². The maximum atomic E-state index is 13.9. The normalized spacial score (nSPS) is 25.6. The summed E-state index contributed by atoms with van der Waals surface area (Å²) in [6.07, 6.45) is -4.38. The van der Waals surface area contributed by atoms with Gasteiger partial charge >= 0.3 is 5.97 Å². The van der Waals surface area contributed by atoms with E-state index in [4.69, 9.17) is 23.7 Å². The van der Waals surface area contributed by atoms with E-state index >= 15 is 0 Å². The van der Waals surface area contributed by atoms with E-state index in [0.29, 0.717) is 5.56 Å². The van der Waals surface area contributed by atoms with Crippen LogP contribution in [-0.2, 0) is 36.9 Å². The van der Waals surface area contributed by atoms with E-state index in [1.807, 2.05) is 60.7 Å². The summed E-state index contributed by atoms with van der Waals surface area (Å²) < 4.78 is 32.0. The van der Waals surface area contributed by atoms with E-state index in [2.05, 4.69) is 0 Å². The number of carbonyl (C=O) groups excluding carboxylic acids is 2. The number of fused-ring (bicyclic) bond motifs is 2. The number of ether oxygens (including phenoxy) is 5. The molecule has 4 aromatic carbocycles. The van der Waals surface area contributed by atoms with Crippen molar-refractivity contribution < 1.29 is 43.2 Å². The predicted octanol–water partition coefficient (Wildman–Crippen LogP) is 4.99. The number of carboxylic acids is 1. The largest absolute Gasteiger partial charge is 0.478 e. The number of benzene rings is 4. The Morgan fingerprint density at radius 3 is 2.09 bits per heavy atom. The van der Waals surface area contributed by atoms with Crippen molar-refractivity contribution in [3.05, 3.63) is 143 Å². The molecule has 0 radical (unpaired) electrons. The molecule has 1 unspecified atom stereocenters. The molecule has 0 spiro atoms. The molecule has 0 aromatic heterocycles. The molecule has 4 aromatic rings. The molecule has 0 saturated carbocycles. The molecule has 3 heterocycles. The summed E-state index contributed by atoms with van der Waals surface area (Å²) >= 11 is 0. The first-order chi connectivity index (χ1) is 22.5. The highest BCUT2D eigenvalue weighted by atomic mass is 16.8. The zero-order chi connectivity index (χ0) is 31.6. The summed E-state index contributed by atoms with van der Waals surface area (Å²) in [5.41, 5.74) is 2.67. The number of nitrogens with zero attached hydrogens (tertiary/aromatic N) is 1. The lowest BCUT2D eigenvalue weighted by molar-refractivity contribution is -0.355. The van der Waals surface area contributed by atoms with Crippen LogP contribution in [0.3, 0.4) is 0 Å². The zero-order valence-electron chi connectivity index (χ0n) is 24.6. The average molecular weight is 622 g/mol. The lowest BCUT2D eigenvalue weighted by atomic mass is 9.93. The van der Waals surface area contributed by atoms with Crippen molar-refractivity contribution in [2.75, 3.05) is 6.61 Å². The highest BCUT2D eigenvalue weighted by Gasteiger charge is 2.57. The third kappa shape index (κ3) is 5.73.